The van der Waals surface area contributed by atoms with Crippen LogP contribution in [0, 0.1) is 0 Å². The Balaban J connectivity index is 2.17. The van der Waals surface area contributed by atoms with E-state index >= 15 is 0 Å². The number of likely N-dealkylation sites (N-methyl/N-ethyl adjacent to an activating group) is 1. The van der Waals surface area contributed by atoms with Gasteiger partial charge in [0.15, 0.2) is 0 Å². The number of nitrogens with zero attached hydrogens (tertiary/aromatic N) is 2. The Morgan fingerprint density at radius 3 is 3.10 bits per heavy atom. The zero-order chi connectivity index (χ0) is 7.40. The summed E-state index contributed by atoms with van der Waals surface area (Å²) in [6, 6.07) is 0.614. The van der Waals surface area contributed by atoms with Crippen molar-refractivity contribution in [3.8, 4) is 0 Å². The molecule has 1 unspecified atom stereocenters. The Bertz CT molecular complexity index is 122. The van der Waals surface area contributed by atoms with Crippen molar-refractivity contribution < 1.29 is 0 Å². The highest BCUT2D eigenvalue weighted by atomic mass is 15.2. The van der Waals surface area contributed by atoms with Gasteiger partial charge in [0.2, 0.25) is 0 Å². The van der Waals surface area contributed by atoms with Crippen molar-refractivity contribution >= 4 is 6.34 Å². The van der Waals surface area contributed by atoms with E-state index in [1.807, 2.05) is 6.34 Å². The van der Waals surface area contributed by atoms with Crippen molar-refractivity contribution in [3.63, 3.8) is 0 Å². The number of hydrogen-bond donors (Lipinski definition) is 1. The van der Waals surface area contributed by atoms with Gasteiger partial charge in [-0.2, -0.15) is 0 Å². The highest BCUT2D eigenvalue weighted by molar-refractivity contribution is 5.57. The Labute approximate surface area is 61.9 Å². The zero-order valence-corrected chi connectivity index (χ0v) is 6.45. The summed E-state index contributed by atoms with van der Waals surface area (Å²) >= 11 is 0. The summed E-state index contributed by atoms with van der Waals surface area (Å²) in [7, 11) is 2.07. The van der Waals surface area contributed by atoms with E-state index in [9.17, 15) is 0 Å². The lowest BCUT2D eigenvalue weighted by Crippen LogP contribution is -2.27. The van der Waals surface area contributed by atoms with Gasteiger partial charge >= 0.3 is 0 Å². The fraction of sp³-hybridized carbons (Fsp3) is 0.857. The quantitative estimate of drug-likeness (QED) is 0.604. The second kappa shape index (κ2) is 3.56. The van der Waals surface area contributed by atoms with Crippen LogP contribution in [-0.2, 0) is 0 Å². The lowest BCUT2D eigenvalue weighted by Gasteiger charge is -2.17. The molecular formula is C7H15N3. The Morgan fingerprint density at radius 1 is 1.80 bits per heavy atom. The van der Waals surface area contributed by atoms with Crippen LogP contribution in [0.25, 0.3) is 0 Å². The third kappa shape index (κ3) is 1.70. The molecule has 0 amide bonds. The molecule has 0 saturated heterocycles. The minimum atomic E-state index is 0.614. The monoisotopic (exact) mass is 141 g/mol. The predicted molar refractivity (Wildman–Crippen MR) is 43.2 cm³/mol. The smallest absolute Gasteiger partial charge is 0.0851 e. The van der Waals surface area contributed by atoms with E-state index < -0.39 is 0 Å². The average Bonchev–Trinajstić information content (AvgIpc) is 2.31. The molecule has 10 heavy (non-hydrogen) atoms. The molecule has 0 aromatic heterocycles. The van der Waals surface area contributed by atoms with Crippen molar-refractivity contribution in [3.05, 3.63) is 0 Å². The highest BCUT2D eigenvalue weighted by Crippen LogP contribution is 2.07. The van der Waals surface area contributed by atoms with Crippen LogP contribution in [0.4, 0.5) is 0 Å². The normalized spacial score (nSPS) is 24.2. The van der Waals surface area contributed by atoms with E-state index in [4.69, 9.17) is 5.73 Å². The molecule has 2 N–H and O–H groups in total. The van der Waals surface area contributed by atoms with Crippen LogP contribution in [0.2, 0.25) is 0 Å². The number of nitrogens with two attached hydrogens (primary N) is 1. The first-order chi connectivity index (χ1) is 4.84. The minimum absolute atomic E-state index is 0.614. The molecule has 0 aromatic carbocycles. The van der Waals surface area contributed by atoms with Crippen molar-refractivity contribution in [1.82, 2.24) is 4.90 Å². The van der Waals surface area contributed by atoms with Gasteiger partial charge in [-0.15, -0.1) is 0 Å². The second-order valence-corrected chi connectivity index (χ2v) is 2.73. The molecule has 0 aliphatic carbocycles. The molecule has 0 aromatic rings. The summed E-state index contributed by atoms with van der Waals surface area (Å²) < 4.78 is 0. The molecule has 3 heteroatoms. The molecule has 0 saturated carbocycles. The molecule has 0 fully saturated rings. The van der Waals surface area contributed by atoms with Gasteiger partial charge in [0.25, 0.3) is 0 Å². The molecule has 1 aliphatic rings. The minimum Gasteiger partial charge on any atom is -0.361 e. The summed E-state index contributed by atoms with van der Waals surface area (Å²) in [6.45, 7) is 1.75. The number of rotatable bonds is 3. The Kier molecular flexibility index (Phi) is 2.68. The molecule has 1 aliphatic heterocycles. The summed E-state index contributed by atoms with van der Waals surface area (Å²) in [5.41, 5.74) is 5.39. The first kappa shape index (κ1) is 7.54. The molecule has 3 nitrogen and oxygen atoms in total. The van der Waals surface area contributed by atoms with Crippen molar-refractivity contribution in [2.45, 2.75) is 18.9 Å². The highest BCUT2D eigenvalue weighted by Gasteiger charge is 2.14. The molecule has 0 bridgehead atoms. The fourth-order valence-corrected chi connectivity index (χ4v) is 1.17. The predicted octanol–water partition coefficient (Wildman–Crippen LogP) is 0.0676. The van der Waals surface area contributed by atoms with Gasteiger partial charge in [0.1, 0.15) is 0 Å². The zero-order valence-electron chi connectivity index (χ0n) is 6.45. The van der Waals surface area contributed by atoms with Gasteiger partial charge in [-0.25, -0.2) is 0 Å². The third-order valence-corrected chi connectivity index (χ3v) is 1.90. The van der Waals surface area contributed by atoms with E-state index in [-0.39, 0.29) is 0 Å². The Hall–Kier alpha value is -0.570. The first-order valence-corrected chi connectivity index (χ1v) is 3.76. The SMILES string of the molecule is CN1C=NCC1CCCN. The van der Waals surface area contributed by atoms with Crippen LogP contribution in [0.1, 0.15) is 12.8 Å². The summed E-state index contributed by atoms with van der Waals surface area (Å²) in [6.07, 6.45) is 4.19. The van der Waals surface area contributed by atoms with E-state index in [1.165, 1.54) is 6.42 Å². The summed E-state index contributed by atoms with van der Waals surface area (Å²) in [4.78, 5) is 6.32. The molecule has 0 spiro atoms. The number of hydrogen-bond acceptors (Lipinski definition) is 3. The largest absolute Gasteiger partial charge is 0.361 e. The maximum Gasteiger partial charge on any atom is 0.0851 e. The lowest BCUT2D eigenvalue weighted by atomic mass is 10.1. The van der Waals surface area contributed by atoms with E-state index in [1.54, 1.807) is 0 Å². The first-order valence-electron chi connectivity index (χ1n) is 3.76. The van der Waals surface area contributed by atoms with Crippen LogP contribution in [0.15, 0.2) is 4.99 Å². The van der Waals surface area contributed by atoms with Crippen LogP contribution < -0.4 is 5.73 Å². The van der Waals surface area contributed by atoms with Gasteiger partial charge in [-0.1, -0.05) is 0 Å². The van der Waals surface area contributed by atoms with E-state index in [2.05, 4.69) is 16.9 Å². The van der Waals surface area contributed by atoms with Crippen molar-refractivity contribution in [2.24, 2.45) is 10.7 Å². The standard InChI is InChI=1S/C7H15N3/c1-10-6-9-5-7(10)3-2-4-8/h6-7H,2-5,8H2,1H3. The average molecular weight is 141 g/mol. The summed E-state index contributed by atoms with van der Waals surface area (Å²) in [5.74, 6) is 0. The molecule has 1 heterocycles. The molecule has 58 valence electrons. The van der Waals surface area contributed by atoms with Crippen LogP contribution in [-0.4, -0.2) is 37.4 Å². The van der Waals surface area contributed by atoms with Crippen LogP contribution in [0.3, 0.4) is 0 Å². The van der Waals surface area contributed by atoms with Crippen LogP contribution in [0.5, 0.6) is 0 Å². The van der Waals surface area contributed by atoms with E-state index in [0.717, 1.165) is 19.5 Å². The van der Waals surface area contributed by atoms with Gasteiger partial charge in [-0.3, -0.25) is 4.99 Å². The fourth-order valence-electron chi connectivity index (χ4n) is 1.17. The van der Waals surface area contributed by atoms with Gasteiger partial charge in [0.05, 0.1) is 12.9 Å². The molecule has 1 rings (SSSR count). The van der Waals surface area contributed by atoms with Crippen molar-refractivity contribution in [1.29, 1.82) is 0 Å². The summed E-state index contributed by atoms with van der Waals surface area (Å²) in [5, 5.41) is 0. The molecular weight excluding hydrogens is 126 g/mol. The van der Waals surface area contributed by atoms with Gasteiger partial charge < -0.3 is 10.6 Å². The maximum absolute atomic E-state index is 5.39. The lowest BCUT2D eigenvalue weighted by molar-refractivity contribution is 0.382. The number of aliphatic imine (C=N–C) groups is 1. The second-order valence-electron chi connectivity index (χ2n) is 2.73. The molecule has 0 radical (unpaired) electrons. The maximum atomic E-state index is 5.39. The van der Waals surface area contributed by atoms with E-state index in [0.29, 0.717) is 6.04 Å². The van der Waals surface area contributed by atoms with Gasteiger partial charge in [0, 0.05) is 13.1 Å². The third-order valence-electron chi connectivity index (χ3n) is 1.90. The van der Waals surface area contributed by atoms with Crippen molar-refractivity contribution in [2.75, 3.05) is 20.1 Å². The van der Waals surface area contributed by atoms with Gasteiger partial charge in [-0.05, 0) is 19.4 Å². The van der Waals surface area contributed by atoms with Crippen LogP contribution >= 0.6 is 0 Å². The molecule has 1 atom stereocenters. The topological polar surface area (TPSA) is 41.6 Å². The Morgan fingerprint density at radius 2 is 2.60 bits per heavy atom.